The van der Waals surface area contributed by atoms with E-state index in [0.717, 1.165) is 0 Å². The van der Waals surface area contributed by atoms with Crippen LogP contribution in [0.15, 0.2) is 12.5 Å². The summed E-state index contributed by atoms with van der Waals surface area (Å²) >= 11 is 3.95. The molecular formula is C16H24N6O7S. The van der Waals surface area contributed by atoms with E-state index in [1.54, 1.807) is 0 Å². The van der Waals surface area contributed by atoms with E-state index < -0.39 is 60.8 Å². The normalized spacial score (nSPS) is 13.5. The van der Waals surface area contributed by atoms with E-state index in [4.69, 9.17) is 15.9 Å². The zero-order valence-corrected chi connectivity index (χ0v) is 16.7. The Morgan fingerprint density at radius 2 is 1.73 bits per heavy atom. The molecule has 1 aromatic rings. The molecule has 3 atom stereocenters. The maximum atomic E-state index is 12.5. The van der Waals surface area contributed by atoms with E-state index in [1.165, 1.54) is 12.5 Å². The van der Waals surface area contributed by atoms with Gasteiger partial charge in [0.05, 0.1) is 12.4 Å². The van der Waals surface area contributed by atoms with Gasteiger partial charge in [-0.25, -0.2) is 4.98 Å². The molecule has 14 heteroatoms. The van der Waals surface area contributed by atoms with E-state index in [9.17, 15) is 24.0 Å². The van der Waals surface area contributed by atoms with Gasteiger partial charge in [0.25, 0.3) is 0 Å². The first-order chi connectivity index (χ1) is 14.1. The van der Waals surface area contributed by atoms with E-state index in [0.29, 0.717) is 5.69 Å². The number of nitrogens with two attached hydrogens (primary N) is 1. The van der Waals surface area contributed by atoms with E-state index in [2.05, 4.69) is 38.5 Å². The third-order valence-electron chi connectivity index (χ3n) is 3.84. The van der Waals surface area contributed by atoms with Crippen LogP contribution in [0.3, 0.4) is 0 Å². The Bertz CT molecular complexity index is 757. The summed E-state index contributed by atoms with van der Waals surface area (Å²) in [5, 5.41) is 24.3. The maximum Gasteiger partial charge on any atom is 0.322 e. The molecule has 0 radical (unpaired) electrons. The van der Waals surface area contributed by atoms with E-state index >= 15 is 0 Å². The predicted octanol–water partition coefficient (Wildman–Crippen LogP) is -2.76. The van der Waals surface area contributed by atoms with Crippen LogP contribution in [0, 0.1) is 0 Å². The smallest absolute Gasteiger partial charge is 0.322 e. The number of carboxylic acids is 2. The van der Waals surface area contributed by atoms with Gasteiger partial charge in [-0.05, 0) is 6.42 Å². The minimum Gasteiger partial charge on any atom is -0.481 e. The van der Waals surface area contributed by atoms with Crippen molar-refractivity contribution in [3.05, 3.63) is 18.2 Å². The molecule has 0 fully saturated rings. The number of nitrogens with zero attached hydrogens (tertiary/aromatic N) is 1. The van der Waals surface area contributed by atoms with Gasteiger partial charge in [0.15, 0.2) is 0 Å². The van der Waals surface area contributed by atoms with Crippen molar-refractivity contribution in [3.63, 3.8) is 0 Å². The monoisotopic (exact) mass is 444 g/mol. The topological polar surface area (TPSA) is 217 Å². The third kappa shape index (κ3) is 8.91. The molecule has 0 saturated heterocycles. The van der Waals surface area contributed by atoms with Crippen molar-refractivity contribution in [2.75, 3.05) is 12.3 Å². The number of nitrogens with one attached hydrogen (secondary N) is 4. The lowest BCUT2D eigenvalue weighted by Gasteiger charge is -2.23. The van der Waals surface area contributed by atoms with Crippen molar-refractivity contribution >= 4 is 42.3 Å². The fraction of sp³-hybridized carbons (Fsp3) is 0.500. The van der Waals surface area contributed by atoms with Crippen molar-refractivity contribution in [3.8, 4) is 0 Å². The highest BCUT2D eigenvalue weighted by Gasteiger charge is 2.28. The van der Waals surface area contributed by atoms with Crippen LogP contribution in [0.1, 0.15) is 18.5 Å². The van der Waals surface area contributed by atoms with Gasteiger partial charge in [-0.3, -0.25) is 24.0 Å². The van der Waals surface area contributed by atoms with Crippen molar-refractivity contribution in [1.82, 2.24) is 25.9 Å². The molecule has 1 aromatic heterocycles. The highest BCUT2D eigenvalue weighted by molar-refractivity contribution is 7.80. The molecule has 1 rings (SSSR count). The van der Waals surface area contributed by atoms with Gasteiger partial charge in [0.1, 0.15) is 18.6 Å². The number of aromatic nitrogens is 2. The lowest BCUT2D eigenvalue weighted by Crippen LogP contribution is -2.56. The highest BCUT2D eigenvalue weighted by atomic mass is 32.1. The Morgan fingerprint density at radius 1 is 1.07 bits per heavy atom. The van der Waals surface area contributed by atoms with Crippen LogP contribution in [-0.4, -0.2) is 80.3 Å². The Balaban J connectivity index is 2.77. The van der Waals surface area contributed by atoms with Crippen LogP contribution in [0.5, 0.6) is 0 Å². The van der Waals surface area contributed by atoms with Gasteiger partial charge < -0.3 is 36.9 Å². The zero-order valence-electron chi connectivity index (χ0n) is 15.8. The van der Waals surface area contributed by atoms with Crippen LogP contribution >= 0.6 is 12.6 Å². The molecule has 0 aliphatic rings. The quantitative estimate of drug-likeness (QED) is 0.148. The SMILES string of the molecule is NC(Cc1cnc[nH]1)C(=O)NC(CCC(=O)O)C(=O)NC(CS)C(=O)NCC(=O)O. The Hall–Kier alpha value is -3.13. The molecule has 3 amide bonds. The largest absolute Gasteiger partial charge is 0.481 e. The number of hydrogen-bond acceptors (Lipinski definition) is 8. The standard InChI is InChI=1S/C16H24N6O7S/c17-9(3-8-4-18-7-20-8)14(27)21-10(1-2-12(23)24)16(29)22-11(6-30)15(28)19-5-13(25)26/h4,7,9-11,30H,1-3,5-6,17H2,(H,18,20)(H,19,28)(H,21,27)(H,22,29)(H,23,24)(H,25,26). The van der Waals surface area contributed by atoms with Crippen LogP contribution in [0.25, 0.3) is 0 Å². The Kier molecular flexibility index (Phi) is 10.3. The lowest BCUT2D eigenvalue weighted by molar-refractivity contribution is -0.138. The zero-order chi connectivity index (χ0) is 22.7. The van der Waals surface area contributed by atoms with Crippen molar-refractivity contribution in [1.29, 1.82) is 0 Å². The van der Waals surface area contributed by atoms with Gasteiger partial charge in [-0.15, -0.1) is 0 Å². The average molecular weight is 444 g/mol. The molecule has 3 unspecified atom stereocenters. The molecule has 8 N–H and O–H groups in total. The third-order valence-corrected chi connectivity index (χ3v) is 4.21. The number of aliphatic carboxylic acids is 2. The minimum absolute atomic E-state index is 0.107. The van der Waals surface area contributed by atoms with Gasteiger partial charge in [0, 0.05) is 30.5 Å². The number of imidazole rings is 1. The second-order valence-electron chi connectivity index (χ2n) is 6.24. The molecule has 166 valence electrons. The molecule has 0 aromatic carbocycles. The summed E-state index contributed by atoms with van der Waals surface area (Å²) in [6, 6.07) is -3.51. The first-order valence-corrected chi connectivity index (χ1v) is 9.43. The molecule has 0 aliphatic carbocycles. The highest BCUT2D eigenvalue weighted by Crippen LogP contribution is 2.03. The lowest BCUT2D eigenvalue weighted by atomic mass is 10.1. The number of aromatic amines is 1. The predicted molar refractivity (Wildman–Crippen MR) is 105 cm³/mol. The number of carboxylic acid groups (broad SMARTS) is 2. The van der Waals surface area contributed by atoms with Crippen molar-refractivity contribution in [2.24, 2.45) is 5.73 Å². The van der Waals surface area contributed by atoms with E-state index in [-0.39, 0.29) is 18.6 Å². The average Bonchev–Trinajstić information content (AvgIpc) is 3.19. The second-order valence-corrected chi connectivity index (χ2v) is 6.60. The van der Waals surface area contributed by atoms with E-state index in [1.807, 2.05) is 0 Å². The summed E-state index contributed by atoms with van der Waals surface area (Å²) in [6.45, 7) is -0.652. The van der Waals surface area contributed by atoms with Gasteiger partial charge >= 0.3 is 11.9 Å². The van der Waals surface area contributed by atoms with Gasteiger partial charge in [-0.1, -0.05) is 0 Å². The molecule has 0 spiro atoms. The Morgan fingerprint density at radius 3 is 2.27 bits per heavy atom. The summed E-state index contributed by atoms with van der Waals surface area (Å²) in [7, 11) is 0. The summed E-state index contributed by atoms with van der Waals surface area (Å²) in [6.07, 6.45) is 2.32. The summed E-state index contributed by atoms with van der Waals surface area (Å²) in [5.74, 6) is -4.94. The van der Waals surface area contributed by atoms with Crippen LogP contribution in [-0.2, 0) is 30.4 Å². The number of hydrogen-bond donors (Lipinski definition) is 8. The van der Waals surface area contributed by atoms with Crippen LogP contribution in [0.2, 0.25) is 0 Å². The molecule has 30 heavy (non-hydrogen) atoms. The number of amides is 3. The summed E-state index contributed by atoms with van der Waals surface area (Å²) in [5.41, 5.74) is 6.41. The van der Waals surface area contributed by atoms with Crippen LogP contribution < -0.4 is 21.7 Å². The second kappa shape index (κ2) is 12.4. The molecular weight excluding hydrogens is 420 g/mol. The molecule has 13 nitrogen and oxygen atoms in total. The molecule has 0 aliphatic heterocycles. The summed E-state index contributed by atoms with van der Waals surface area (Å²) in [4.78, 5) is 64.9. The number of carbonyl (C=O) groups is 5. The minimum atomic E-state index is -1.28. The van der Waals surface area contributed by atoms with Gasteiger partial charge in [-0.2, -0.15) is 12.6 Å². The molecule has 1 heterocycles. The first-order valence-electron chi connectivity index (χ1n) is 8.79. The summed E-state index contributed by atoms with van der Waals surface area (Å²) < 4.78 is 0. The number of thiol groups is 1. The van der Waals surface area contributed by atoms with Crippen molar-refractivity contribution < 1.29 is 34.2 Å². The number of H-pyrrole nitrogens is 1. The number of carbonyl (C=O) groups excluding carboxylic acids is 3. The van der Waals surface area contributed by atoms with Crippen LogP contribution in [0.4, 0.5) is 0 Å². The Labute approximate surface area is 176 Å². The van der Waals surface area contributed by atoms with Crippen molar-refractivity contribution in [2.45, 2.75) is 37.4 Å². The first kappa shape index (κ1) is 24.9. The fourth-order valence-electron chi connectivity index (χ4n) is 2.29. The molecule has 0 bridgehead atoms. The molecule has 0 saturated carbocycles. The van der Waals surface area contributed by atoms with Gasteiger partial charge in [0.2, 0.25) is 17.7 Å². The fourth-order valence-corrected chi connectivity index (χ4v) is 2.55. The maximum absolute atomic E-state index is 12.5. The number of rotatable bonds is 13.